The van der Waals surface area contributed by atoms with Crippen LogP contribution in [0.1, 0.15) is 12.6 Å². The lowest BCUT2D eigenvalue weighted by Crippen LogP contribution is -2.40. The Labute approximate surface area is 174 Å². The Balaban J connectivity index is 2.28. The highest BCUT2D eigenvalue weighted by Gasteiger charge is 2.35. The molecule has 0 unspecified atom stereocenters. The van der Waals surface area contributed by atoms with Crippen LogP contribution in [0.5, 0.6) is 0 Å². The average Bonchev–Trinajstić information content (AvgIpc) is 3.06. The Morgan fingerprint density at radius 3 is 2.40 bits per heavy atom. The molecule has 0 bridgehead atoms. The van der Waals surface area contributed by atoms with E-state index in [1.807, 2.05) is 0 Å². The first kappa shape index (κ1) is 21.5. The minimum Gasteiger partial charge on any atom is -0.316 e. The van der Waals surface area contributed by atoms with E-state index in [1.54, 1.807) is 0 Å². The highest BCUT2D eigenvalue weighted by Crippen LogP contribution is 2.33. The number of nitrogens with zero attached hydrogens (tertiary/aromatic N) is 6. The second kappa shape index (κ2) is 7.57. The van der Waals surface area contributed by atoms with E-state index < -0.39 is 29.1 Å². The second-order valence-corrected chi connectivity index (χ2v) is 6.60. The van der Waals surface area contributed by atoms with Gasteiger partial charge in [0.25, 0.3) is 5.56 Å². The van der Waals surface area contributed by atoms with Gasteiger partial charge in [-0.3, -0.25) is 9.36 Å². The highest BCUT2D eigenvalue weighted by atomic mass is 35.5. The molecule has 2 heterocycles. The van der Waals surface area contributed by atoms with Crippen LogP contribution in [-0.2, 0) is 18.0 Å². The highest BCUT2D eigenvalue weighted by molar-refractivity contribution is 6.37. The van der Waals surface area contributed by atoms with Gasteiger partial charge in [0, 0.05) is 25.6 Å². The molecular weight excluding hydrogens is 456 g/mol. The van der Waals surface area contributed by atoms with E-state index in [4.69, 9.17) is 28.0 Å². The Hall–Kier alpha value is -3.19. The molecule has 0 aliphatic carbocycles. The number of alkyl halides is 3. The number of hydrogen-bond donors (Lipinski definition) is 0. The first-order valence-electron chi connectivity index (χ1n) is 7.79. The molecule has 0 fully saturated rings. The topological polar surface area (TPSA) is 114 Å². The number of rotatable bonds is 3. The van der Waals surface area contributed by atoms with Crippen molar-refractivity contribution in [1.29, 1.82) is 0 Å². The van der Waals surface area contributed by atoms with Crippen molar-refractivity contribution in [3.63, 3.8) is 0 Å². The molecule has 0 amide bonds. The van der Waals surface area contributed by atoms with Crippen molar-refractivity contribution >= 4 is 29.2 Å². The molecule has 0 aliphatic heterocycles. The fraction of sp³-hybridized carbons (Fsp3) is 0.200. The van der Waals surface area contributed by atoms with E-state index in [-0.39, 0.29) is 37.8 Å². The maximum absolute atomic E-state index is 13.1. The van der Waals surface area contributed by atoms with Gasteiger partial charge in [-0.2, -0.15) is 13.2 Å². The van der Waals surface area contributed by atoms with E-state index in [1.165, 1.54) is 0 Å². The zero-order valence-electron chi connectivity index (χ0n) is 14.9. The largest absolute Gasteiger partial charge is 0.431 e. The van der Waals surface area contributed by atoms with Gasteiger partial charge in [0.2, 0.25) is 5.82 Å². The molecule has 3 aromatic rings. The van der Waals surface area contributed by atoms with Crippen LogP contribution in [0.3, 0.4) is 0 Å². The summed E-state index contributed by atoms with van der Waals surface area (Å²) >= 11 is 12.2. The molecule has 0 N–H and O–H groups in total. The number of tetrazole rings is 1. The quantitative estimate of drug-likeness (QED) is 0.539. The van der Waals surface area contributed by atoms with E-state index in [9.17, 15) is 27.6 Å². The molecule has 2 aromatic heterocycles. The van der Waals surface area contributed by atoms with Crippen LogP contribution in [0.15, 0.2) is 27.8 Å². The molecule has 0 saturated heterocycles. The van der Waals surface area contributed by atoms with Crippen LogP contribution in [0, 0.1) is 0 Å². The van der Waals surface area contributed by atoms with Gasteiger partial charge < -0.3 is 4.84 Å². The molecule has 1 aromatic carbocycles. The summed E-state index contributed by atoms with van der Waals surface area (Å²) in [5.41, 5.74) is -4.31. The van der Waals surface area contributed by atoms with Gasteiger partial charge in [-0.15, -0.1) is 5.10 Å². The lowest BCUT2D eigenvalue weighted by atomic mass is 10.2. The van der Waals surface area contributed by atoms with Crippen molar-refractivity contribution in [2.24, 2.45) is 7.05 Å². The lowest BCUT2D eigenvalue weighted by molar-refractivity contribution is -0.144. The number of carbonyl (C=O) groups excluding carboxylic acids is 1. The summed E-state index contributed by atoms with van der Waals surface area (Å²) in [7, 11) is 0.854. The number of halogens is 5. The average molecular weight is 465 g/mol. The second-order valence-electron chi connectivity index (χ2n) is 5.78. The molecule has 0 aliphatic rings. The predicted octanol–water partition coefficient (Wildman–Crippen LogP) is 1.49. The summed E-state index contributed by atoms with van der Waals surface area (Å²) < 4.78 is 39.9. The first-order chi connectivity index (χ1) is 13.9. The summed E-state index contributed by atoms with van der Waals surface area (Å²) in [4.78, 5) is 41.5. The molecule has 3 rings (SSSR count). The number of hydrogen-bond acceptors (Lipinski definition) is 7. The minimum absolute atomic E-state index is 0.0174. The van der Waals surface area contributed by atoms with Gasteiger partial charge in [0.1, 0.15) is 5.69 Å². The Morgan fingerprint density at radius 2 is 1.80 bits per heavy atom. The number of carbonyl (C=O) groups is 1. The summed E-state index contributed by atoms with van der Waals surface area (Å²) in [6, 6.07) is 2.49. The standard InChI is InChI=1S/C15H9Cl2F3N6O4/c1-6(27)30-26-13(21-22-23-26)7-3-10(9(17)4-8(7)16)25-12(28)5-11(15(18,19)20)24(2)14(25)29/h3-5H,1-2H3. The van der Waals surface area contributed by atoms with E-state index in [0.29, 0.717) is 9.41 Å². The zero-order chi connectivity index (χ0) is 22.4. The summed E-state index contributed by atoms with van der Waals surface area (Å²) in [6.07, 6.45) is -4.92. The molecule has 0 spiro atoms. The molecule has 0 atom stereocenters. The first-order valence-corrected chi connectivity index (χ1v) is 8.54. The Kier molecular flexibility index (Phi) is 5.43. The molecule has 30 heavy (non-hydrogen) atoms. The van der Waals surface area contributed by atoms with Crippen molar-refractivity contribution in [3.05, 3.63) is 54.8 Å². The van der Waals surface area contributed by atoms with Crippen molar-refractivity contribution in [2.45, 2.75) is 13.1 Å². The van der Waals surface area contributed by atoms with Crippen LogP contribution in [0.25, 0.3) is 17.1 Å². The third kappa shape index (κ3) is 3.80. The third-order valence-electron chi connectivity index (χ3n) is 3.79. The summed E-state index contributed by atoms with van der Waals surface area (Å²) in [6.45, 7) is 1.09. The lowest BCUT2D eigenvalue weighted by Gasteiger charge is -2.15. The summed E-state index contributed by atoms with van der Waals surface area (Å²) in [5, 5.41) is 10.2. The van der Waals surface area contributed by atoms with Gasteiger partial charge >= 0.3 is 17.8 Å². The molecule has 0 saturated carbocycles. The minimum atomic E-state index is -4.92. The summed E-state index contributed by atoms with van der Waals surface area (Å²) in [5.74, 6) is -0.952. The van der Waals surface area contributed by atoms with Gasteiger partial charge in [0.15, 0.2) is 0 Å². The molecule has 10 nitrogen and oxygen atoms in total. The van der Waals surface area contributed by atoms with Crippen LogP contribution in [-0.4, -0.2) is 35.5 Å². The number of aromatic nitrogens is 6. The van der Waals surface area contributed by atoms with E-state index in [0.717, 1.165) is 26.1 Å². The van der Waals surface area contributed by atoms with Gasteiger partial charge in [-0.05, 0) is 27.4 Å². The molecular formula is C15H9Cl2F3N6O4. The maximum atomic E-state index is 13.1. The van der Waals surface area contributed by atoms with Crippen molar-refractivity contribution in [1.82, 2.24) is 29.5 Å². The van der Waals surface area contributed by atoms with Crippen LogP contribution in [0.2, 0.25) is 10.0 Å². The van der Waals surface area contributed by atoms with Gasteiger partial charge in [-0.1, -0.05) is 23.2 Å². The third-order valence-corrected chi connectivity index (χ3v) is 4.40. The normalized spacial score (nSPS) is 11.6. The molecule has 158 valence electrons. The molecule has 0 radical (unpaired) electrons. The molecule has 15 heteroatoms. The Morgan fingerprint density at radius 1 is 1.13 bits per heavy atom. The zero-order valence-corrected chi connectivity index (χ0v) is 16.5. The van der Waals surface area contributed by atoms with Crippen molar-refractivity contribution < 1.29 is 22.8 Å². The van der Waals surface area contributed by atoms with E-state index >= 15 is 0 Å². The van der Waals surface area contributed by atoms with E-state index in [2.05, 4.69) is 15.5 Å². The van der Waals surface area contributed by atoms with Crippen LogP contribution in [0.4, 0.5) is 13.2 Å². The van der Waals surface area contributed by atoms with Crippen LogP contribution < -0.4 is 16.1 Å². The van der Waals surface area contributed by atoms with Crippen molar-refractivity contribution in [2.75, 3.05) is 0 Å². The monoisotopic (exact) mass is 464 g/mol. The number of benzene rings is 1. The maximum Gasteiger partial charge on any atom is 0.431 e. The smallest absolute Gasteiger partial charge is 0.316 e. The Bertz CT molecular complexity index is 1280. The predicted molar refractivity (Wildman–Crippen MR) is 96.4 cm³/mol. The fourth-order valence-corrected chi connectivity index (χ4v) is 3.07. The van der Waals surface area contributed by atoms with Crippen molar-refractivity contribution in [3.8, 4) is 17.1 Å². The van der Waals surface area contributed by atoms with Gasteiger partial charge in [-0.25, -0.2) is 14.2 Å². The SMILES string of the molecule is CC(=O)On1nnnc1-c1cc(-n2c(=O)cc(C(F)(F)F)n(C)c2=O)c(Cl)cc1Cl. The fourth-order valence-electron chi connectivity index (χ4n) is 2.52. The van der Waals surface area contributed by atoms with Crippen LogP contribution >= 0.6 is 23.2 Å². The van der Waals surface area contributed by atoms with Gasteiger partial charge in [0.05, 0.1) is 15.7 Å².